The summed E-state index contributed by atoms with van der Waals surface area (Å²) >= 11 is 0. The van der Waals surface area contributed by atoms with Crippen molar-refractivity contribution in [2.75, 3.05) is 19.9 Å². The smallest absolute Gasteiger partial charge is 0.231 e. The van der Waals surface area contributed by atoms with Gasteiger partial charge in [0, 0.05) is 19.0 Å². The van der Waals surface area contributed by atoms with E-state index in [1.165, 1.54) is 17.7 Å². The zero-order chi connectivity index (χ0) is 18.4. The maximum absolute atomic E-state index is 13.3. The minimum absolute atomic E-state index is 0.138. The fraction of sp³-hybridized carbons (Fsp3) is 0.409. The molecule has 0 radical (unpaired) electrons. The molecular weight excluding hydrogens is 345 g/mol. The Hall–Kier alpha value is -2.56. The second-order valence-electron chi connectivity index (χ2n) is 7.75. The highest BCUT2D eigenvalue weighted by Crippen LogP contribution is 2.45. The molecule has 0 aromatic heterocycles. The van der Waals surface area contributed by atoms with Gasteiger partial charge in [0.25, 0.3) is 0 Å². The lowest BCUT2D eigenvalue weighted by Gasteiger charge is -2.24. The van der Waals surface area contributed by atoms with Crippen LogP contribution in [0, 0.1) is 11.7 Å². The molecule has 5 rings (SSSR count). The largest absolute Gasteiger partial charge is 0.454 e. The standard InChI is InChI=1S/C22H22FNO3/c23-18-6-3-15(4-7-18)21(14-1-2-14)22(25)24-10-9-17(12-24)16-5-8-19-20(11-16)27-13-26-19/h3-8,11,14,17,21H,1-2,9-10,12-13H2. The van der Waals surface area contributed by atoms with Gasteiger partial charge < -0.3 is 14.4 Å². The number of hydrogen-bond acceptors (Lipinski definition) is 3. The number of carbonyl (C=O) groups is 1. The van der Waals surface area contributed by atoms with Gasteiger partial charge in [0.1, 0.15) is 5.82 Å². The van der Waals surface area contributed by atoms with Crippen molar-refractivity contribution in [2.24, 2.45) is 5.92 Å². The highest BCUT2D eigenvalue weighted by Gasteiger charge is 2.41. The second kappa shape index (κ2) is 6.55. The molecule has 4 nitrogen and oxygen atoms in total. The summed E-state index contributed by atoms with van der Waals surface area (Å²) in [6.07, 6.45) is 3.10. The van der Waals surface area contributed by atoms with Crippen LogP contribution in [-0.4, -0.2) is 30.7 Å². The van der Waals surface area contributed by atoms with E-state index < -0.39 is 0 Å². The van der Waals surface area contributed by atoms with E-state index in [1.54, 1.807) is 12.1 Å². The van der Waals surface area contributed by atoms with E-state index in [2.05, 4.69) is 6.07 Å². The predicted octanol–water partition coefficient (Wildman–Crippen LogP) is 4.06. The van der Waals surface area contributed by atoms with Crippen LogP contribution in [0.4, 0.5) is 4.39 Å². The van der Waals surface area contributed by atoms with Gasteiger partial charge in [-0.25, -0.2) is 4.39 Å². The molecule has 2 aromatic rings. The summed E-state index contributed by atoms with van der Waals surface area (Å²) in [4.78, 5) is 15.3. The van der Waals surface area contributed by atoms with Crippen molar-refractivity contribution in [1.82, 2.24) is 4.90 Å². The summed E-state index contributed by atoms with van der Waals surface area (Å²) in [5.41, 5.74) is 2.13. The summed E-state index contributed by atoms with van der Waals surface area (Å²) < 4.78 is 24.2. The molecule has 0 N–H and O–H groups in total. The molecule has 1 amide bonds. The van der Waals surface area contributed by atoms with Crippen LogP contribution in [0.1, 0.15) is 42.2 Å². The van der Waals surface area contributed by atoms with E-state index in [1.807, 2.05) is 17.0 Å². The van der Waals surface area contributed by atoms with Gasteiger partial charge in [0.2, 0.25) is 12.7 Å². The van der Waals surface area contributed by atoms with Crippen LogP contribution in [0.5, 0.6) is 11.5 Å². The number of nitrogens with zero attached hydrogens (tertiary/aromatic N) is 1. The first-order chi connectivity index (χ1) is 13.2. The number of ether oxygens (including phenoxy) is 2. The first-order valence-corrected chi connectivity index (χ1v) is 9.63. The van der Waals surface area contributed by atoms with Gasteiger partial charge in [0.15, 0.2) is 11.5 Å². The van der Waals surface area contributed by atoms with E-state index in [9.17, 15) is 9.18 Å². The lowest BCUT2D eigenvalue weighted by Crippen LogP contribution is -2.34. The van der Waals surface area contributed by atoms with Crippen molar-refractivity contribution in [3.8, 4) is 11.5 Å². The van der Waals surface area contributed by atoms with Crippen LogP contribution in [0.3, 0.4) is 0 Å². The summed E-state index contributed by atoms with van der Waals surface area (Å²) in [6, 6.07) is 12.5. The van der Waals surface area contributed by atoms with Crippen LogP contribution in [0.25, 0.3) is 0 Å². The minimum Gasteiger partial charge on any atom is -0.454 e. The molecule has 2 atom stereocenters. The van der Waals surface area contributed by atoms with Gasteiger partial charge >= 0.3 is 0 Å². The molecule has 0 bridgehead atoms. The van der Waals surface area contributed by atoms with Gasteiger partial charge in [0.05, 0.1) is 5.92 Å². The molecule has 2 aliphatic heterocycles. The Bertz CT molecular complexity index is 862. The Kier molecular flexibility index (Phi) is 4.03. The Morgan fingerprint density at radius 2 is 1.81 bits per heavy atom. The predicted molar refractivity (Wildman–Crippen MR) is 98.4 cm³/mol. The Morgan fingerprint density at radius 1 is 1.04 bits per heavy atom. The molecule has 3 aliphatic rings. The Labute approximate surface area is 157 Å². The van der Waals surface area contributed by atoms with Crippen molar-refractivity contribution >= 4 is 5.91 Å². The van der Waals surface area contributed by atoms with Crippen LogP contribution >= 0.6 is 0 Å². The van der Waals surface area contributed by atoms with Crippen LogP contribution in [0.15, 0.2) is 42.5 Å². The van der Waals surface area contributed by atoms with Gasteiger partial charge in [-0.15, -0.1) is 0 Å². The summed E-state index contributed by atoms with van der Waals surface area (Å²) in [6.45, 7) is 1.76. The highest BCUT2D eigenvalue weighted by molar-refractivity contribution is 5.85. The number of likely N-dealkylation sites (tertiary alicyclic amines) is 1. The lowest BCUT2D eigenvalue weighted by molar-refractivity contribution is -0.132. The molecule has 1 saturated carbocycles. The van der Waals surface area contributed by atoms with E-state index >= 15 is 0 Å². The molecule has 1 aliphatic carbocycles. The molecule has 27 heavy (non-hydrogen) atoms. The molecule has 2 unspecified atom stereocenters. The maximum atomic E-state index is 13.3. The first kappa shape index (κ1) is 16.6. The number of hydrogen-bond donors (Lipinski definition) is 0. The zero-order valence-electron chi connectivity index (χ0n) is 15.1. The average molecular weight is 367 g/mol. The van der Waals surface area contributed by atoms with Crippen molar-refractivity contribution in [3.63, 3.8) is 0 Å². The van der Waals surface area contributed by atoms with Crippen molar-refractivity contribution in [3.05, 3.63) is 59.4 Å². The Morgan fingerprint density at radius 3 is 2.59 bits per heavy atom. The van der Waals surface area contributed by atoms with Crippen molar-refractivity contribution in [1.29, 1.82) is 0 Å². The molecule has 2 heterocycles. The lowest BCUT2D eigenvalue weighted by atomic mass is 9.92. The highest BCUT2D eigenvalue weighted by atomic mass is 19.1. The first-order valence-electron chi connectivity index (χ1n) is 9.63. The molecule has 2 fully saturated rings. The Balaban J connectivity index is 1.32. The summed E-state index contributed by atoms with van der Waals surface area (Å²) in [7, 11) is 0. The SMILES string of the molecule is O=C(C(c1ccc(F)cc1)C1CC1)N1CCC(c2ccc3c(c2)OCO3)C1. The fourth-order valence-corrected chi connectivity index (χ4v) is 4.31. The van der Waals surface area contributed by atoms with Crippen LogP contribution in [0.2, 0.25) is 0 Å². The van der Waals surface area contributed by atoms with Gasteiger partial charge in [-0.2, -0.15) is 0 Å². The topological polar surface area (TPSA) is 38.8 Å². The normalized spacial score (nSPS) is 22.1. The van der Waals surface area contributed by atoms with Gasteiger partial charge in [-0.1, -0.05) is 18.2 Å². The molecule has 5 heteroatoms. The fourth-order valence-electron chi connectivity index (χ4n) is 4.31. The molecule has 2 aromatic carbocycles. The number of benzene rings is 2. The average Bonchev–Trinajstić information content (AvgIpc) is 3.20. The summed E-state index contributed by atoms with van der Waals surface area (Å²) in [5, 5.41) is 0. The van der Waals surface area contributed by atoms with E-state index in [4.69, 9.17) is 9.47 Å². The van der Waals surface area contributed by atoms with Gasteiger partial charge in [-0.3, -0.25) is 4.79 Å². The molecular formula is C22H22FNO3. The number of fused-ring (bicyclic) bond motifs is 1. The third-order valence-electron chi connectivity index (χ3n) is 5.96. The van der Waals surface area contributed by atoms with Crippen molar-refractivity contribution < 1.29 is 18.7 Å². The van der Waals surface area contributed by atoms with E-state index in [-0.39, 0.29) is 24.4 Å². The maximum Gasteiger partial charge on any atom is 0.231 e. The number of amides is 1. The van der Waals surface area contributed by atoms with E-state index in [0.717, 1.165) is 49.4 Å². The third-order valence-corrected chi connectivity index (χ3v) is 5.96. The van der Waals surface area contributed by atoms with Crippen LogP contribution in [-0.2, 0) is 4.79 Å². The van der Waals surface area contributed by atoms with Crippen molar-refractivity contribution in [2.45, 2.75) is 31.1 Å². The second-order valence-corrected chi connectivity index (χ2v) is 7.75. The quantitative estimate of drug-likeness (QED) is 0.818. The molecule has 140 valence electrons. The number of halogens is 1. The minimum atomic E-state index is -0.259. The van der Waals surface area contributed by atoms with Gasteiger partial charge in [-0.05, 0) is 60.6 Å². The zero-order valence-corrected chi connectivity index (χ0v) is 15.1. The molecule has 1 saturated heterocycles. The monoisotopic (exact) mass is 367 g/mol. The number of rotatable bonds is 4. The molecule has 0 spiro atoms. The summed E-state index contributed by atoms with van der Waals surface area (Å²) in [5.74, 6) is 2.08. The third kappa shape index (κ3) is 3.15. The van der Waals surface area contributed by atoms with Crippen LogP contribution < -0.4 is 9.47 Å². The van der Waals surface area contributed by atoms with E-state index in [0.29, 0.717) is 11.8 Å². The number of carbonyl (C=O) groups excluding carboxylic acids is 1.